The Labute approximate surface area is 161 Å². The fraction of sp³-hybridized carbons (Fsp3) is 0.125. The van der Waals surface area contributed by atoms with Gasteiger partial charge in [-0.3, -0.25) is 9.32 Å². The zero-order valence-electron chi connectivity index (χ0n) is 14.3. The number of aryl methyl sites for hydroxylation is 1. The molecule has 0 unspecified atom stereocenters. The smallest absolute Gasteiger partial charge is 0.339 e. The average Bonchev–Trinajstić information content (AvgIpc) is 3.37. The molecule has 4 aromatic rings. The lowest BCUT2D eigenvalue weighted by atomic mass is 10.1. The summed E-state index contributed by atoms with van der Waals surface area (Å²) in [5.74, 6) is 0.358. The number of thiazole rings is 1. The van der Waals surface area contributed by atoms with Crippen LogP contribution in [0, 0.1) is 6.92 Å². The largest absolute Gasteiger partial charge is 0.471 e. The second-order valence-electron chi connectivity index (χ2n) is 5.78. The van der Waals surface area contributed by atoms with Crippen LogP contribution in [0.4, 0.5) is 0 Å². The van der Waals surface area contributed by atoms with Crippen LogP contribution in [0.15, 0.2) is 40.4 Å². The first-order chi connectivity index (χ1) is 13.3. The van der Waals surface area contributed by atoms with Gasteiger partial charge in [-0.1, -0.05) is 23.4 Å². The lowest BCUT2D eigenvalue weighted by Crippen LogP contribution is -2.02. The van der Waals surface area contributed by atoms with Crippen molar-refractivity contribution in [2.45, 2.75) is 13.7 Å². The van der Waals surface area contributed by atoms with E-state index in [2.05, 4.69) is 19.6 Å². The first kappa shape index (κ1) is 18.7. The number of hydrogen-bond donors (Lipinski definition) is 2. The summed E-state index contributed by atoms with van der Waals surface area (Å²) in [5.41, 5.74) is 1.37. The molecular formula is C16H13N4O6PS. The normalized spacial score (nSPS) is 12.0. The topological polar surface area (TPSA) is 141 Å². The van der Waals surface area contributed by atoms with Crippen LogP contribution in [-0.4, -0.2) is 35.3 Å². The molecule has 28 heavy (non-hydrogen) atoms. The monoisotopic (exact) mass is 420 g/mol. The Kier molecular flexibility index (Phi) is 4.69. The number of para-hydroxylation sites is 1. The number of nitrogens with zero attached hydrogens (tertiary/aromatic N) is 4. The summed E-state index contributed by atoms with van der Waals surface area (Å²) in [6.45, 7) is 1.26. The first-order valence-electron chi connectivity index (χ1n) is 7.91. The van der Waals surface area contributed by atoms with Crippen molar-refractivity contribution in [3.63, 3.8) is 0 Å². The zero-order valence-corrected chi connectivity index (χ0v) is 16.1. The second-order valence-corrected chi connectivity index (χ2v) is 7.88. The van der Waals surface area contributed by atoms with Crippen LogP contribution in [0.5, 0.6) is 0 Å². The molecule has 2 N–H and O–H groups in total. The van der Waals surface area contributed by atoms with E-state index in [9.17, 15) is 9.36 Å². The number of carbonyl (C=O) groups excluding carboxylic acids is 1. The summed E-state index contributed by atoms with van der Waals surface area (Å²) in [5, 5.41) is 6.30. The molecule has 10 nitrogen and oxygen atoms in total. The maximum absolute atomic E-state index is 13.0. The maximum atomic E-state index is 13.0. The average molecular weight is 420 g/mol. The molecular weight excluding hydrogens is 407 g/mol. The van der Waals surface area contributed by atoms with Crippen LogP contribution >= 0.6 is 19.2 Å². The van der Waals surface area contributed by atoms with E-state index >= 15 is 0 Å². The number of benzene rings is 1. The molecule has 12 heteroatoms. The molecule has 4 rings (SSSR count). The number of carbonyl (C=O) groups is 1. The second kappa shape index (κ2) is 7.04. The van der Waals surface area contributed by atoms with E-state index in [-0.39, 0.29) is 10.8 Å². The van der Waals surface area contributed by atoms with E-state index in [0.717, 1.165) is 11.3 Å². The molecule has 0 amide bonds. The van der Waals surface area contributed by atoms with Crippen LogP contribution in [0.1, 0.15) is 21.3 Å². The molecule has 0 atom stereocenters. The molecule has 3 heterocycles. The highest BCUT2D eigenvalue weighted by molar-refractivity contribution is 7.46. The number of phosphoric ester groups is 1. The van der Waals surface area contributed by atoms with Gasteiger partial charge in [-0.05, 0) is 6.07 Å². The Balaban J connectivity index is 1.70. The molecule has 1 aromatic carbocycles. The van der Waals surface area contributed by atoms with Gasteiger partial charge >= 0.3 is 7.82 Å². The molecule has 0 saturated carbocycles. The highest BCUT2D eigenvalue weighted by Gasteiger charge is 2.22. The summed E-state index contributed by atoms with van der Waals surface area (Å²) in [6.07, 6.45) is 1.49. The molecule has 0 spiro atoms. The summed E-state index contributed by atoms with van der Waals surface area (Å²) in [7, 11) is -4.65. The Morgan fingerprint density at radius 2 is 2.11 bits per heavy atom. The molecule has 3 aromatic heterocycles. The molecule has 144 valence electrons. The van der Waals surface area contributed by atoms with E-state index in [1.165, 1.54) is 10.8 Å². The summed E-state index contributed by atoms with van der Waals surface area (Å²) in [4.78, 5) is 39.3. The Morgan fingerprint density at radius 1 is 1.32 bits per heavy atom. The van der Waals surface area contributed by atoms with E-state index in [1.54, 1.807) is 36.6 Å². The van der Waals surface area contributed by atoms with E-state index in [4.69, 9.17) is 14.3 Å². The predicted molar refractivity (Wildman–Crippen MR) is 98.6 cm³/mol. The van der Waals surface area contributed by atoms with Crippen molar-refractivity contribution in [2.24, 2.45) is 0 Å². The van der Waals surface area contributed by atoms with Gasteiger partial charge in [0.25, 0.3) is 0 Å². The zero-order chi connectivity index (χ0) is 19.9. The van der Waals surface area contributed by atoms with Gasteiger partial charge in [-0.2, -0.15) is 4.98 Å². The fourth-order valence-electron chi connectivity index (χ4n) is 2.67. The summed E-state index contributed by atoms with van der Waals surface area (Å²) in [6, 6.07) is 6.99. The molecule has 0 saturated heterocycles. The molecule has 0 aliphatic carbocycles. The van der Waals surface area contributed by atoms with Crippen molar-refractivity contribution < 1.29 is 28.2 Å². The molecule has 0 radical (unpaired) electrons. The van der Waals surface area contributed by atoms with Gasteiger partial charge in [-0.15, -0.1) is 11.3 Å². The summed E-state index contributed by atoms with van der Waals surface area (Å²) < 4.78 is 22.0. The number of aromatic nitrogens is 4. The number of rotatable bonds is 6. The van der Waals surface area contributed by atoms with Crippen LogP contribution < -0.4 is 0 Å². The number of ketones is 1. The molecule has 0 fully saturated rings. The van der Waals surface area contributed by atoms with Crippen molar-refractivity contribution in [3.05, 3.63) is 52.3 Å². The van der Waals surface area contributed by atoms with Crippen molar-refractivity contribution in [1.29, 1.82) is 0 Å². The van der Waals surface area contributed by atoms with Crippen LogP contribution in [0.3, 0.4) is 0 Å². The lowest BCUT2D eigenvalue weighted by Gasteiger charge is -2.07. The maximum Gasteiger partial charge on any atom is 0.471 e. The quantitative estimate of drug-likeness (QED) is 0.356. The third-order valence-corrected chi connectivity index (χ3v) is 5.15. The predicted octanol–water partition coefficient (Wildman–Crippen LogP) is 2.75. The minimum Gasteiger partial charge on any atom is -0.339 e. The minimum absolute atomic E-state index is 0.233. The van der Waals surface area contributed by atoms with Gasteiger partial charge in [0.1, 0.15) is 12.4 Å². The third kappa shape index (κ3) is 3.66. The van der Waals surface area contributed by atoms with Gasteiger partial charge in [0.15, 0.2) is 5.01 Å². The molecule has 0 aliphatic rings. The minimum atomic E-state index is -4.65. The van der Waals surface area contributed by atoms with Crippen molar-refractivity contribution >= 4 is 35.8 Å². The number of hydrogen-bond acceptors (Lipinski definition) is 8. The third-order valence-electron chi connectivity index (χ3n) is 3.85. The summed E-state index contributed by atoms with van der Waals surface area (Å²) >= 11 is 1.14. The lowest BCUT2D eigenvalue weighted by molar-refractivity contribution is 0.103. The van der Waals surface area contributed by atoms with Gasteiger partial charge in [-0.25, -0.2) is 9.55 Å². The van der Waals surface area contributed by atoms with Crippen molar-refractivity contribution in [2.75, 3.05) is 0 Å². The number of fused-ring (bicyclic) bond motifs is 1. The number of phosphoric acid groups is 1. The van der Waals surface area contributed by atoms with E-state index in [0.29, 0.717) is 33.9 Å². The molecule has 0 bridgehead atoms. The first-order valence-corrected chi connectivity index (χ1v) is 10.3. The Morgan fingerprint density at radius 3 is 2.82 bits per heavy atom. The van der Waals surface area contributed by atoms with Crippen molar-refractivity contribution in [3.8, 4) is 11.5 Å². The highest BCUT2D eigenvalue weighted by atomic mass is 32.1. The van der Waals surface area contributed by atoms with Gasteiger partial charge < -0.3 is 18.9 Å². The van der Waals surface area contributed by atoms with Gasteiger partial charge in [0.2, 0.25) is 17.5 Å². The van der Waals surface area contributed by atoms with E-state index in [1.807, 2.05) is 0 Å². The van der Waals surface area contributed by atoms with Crippen LogP contribution in [0.25, 0.3) is 22.4 Å². The van der Waals surface area contributed by atoms with Gasteiger partial charge in [0, 0.05) is 23.9 Å². The molecule has 0 aliphatic heterocycles. The van der Waals surface area contributed by atoms with Crippen molar-refractivity contribution in [1.82, 2.24) is 19.7 Å². The Hall–Kier alpha value is -2.69. The standard InChI is InChI=1S/C16H13N4O6PS/c1-9-17-15(19-26-9)12-7-28-16(18-12)14(21)11-6-20(8-25-27(22,23)24)13-5-3-2-4-10(11)13/h2-7H,8H2,1H3,(H2,22,23,24). The fourth-order valence-corrected chi connectivity index (χ4v) is 3.70. The van der Waals surface area contributed by atoms with Crippen LogP contribution in [0.2, 0.25) is 0 Å². The van der Waals surface area contributed by atoms with Crippen LogP contribution in [-0.2, 0) is 15.8 Å². The van der Waals surface area contributed by atoms with E-state index < -0.39 is 14.6 Å². The van der Waals surface area contributed by atoms with Gasteiger partial charge in [0.05, 0.1) is 11.1 Å². The SMILES string of the molecule is Cc1nc(-c2csc(C(=O)c3cn(COP(=O)(O)O)c4ccccc34)n2)no1. The Bertz CT molecular complexity index is 1220. The highest BCUT2D eigenvalue weighted by Crippen LogP contribution is 2.37.